The molecular weight excluding hydrogens is 418 g/mol. The summed E-state index contributed by atoms with van der Waals surface area (Å²) < 4.78 is 27.2. The van der Waals surface area contributed by atoms with Crippen LogP contribution in [-0.4, -0.2) is 73.7 Å². The third kappa shape index (κ3) is 5.28. The number of nitrogens with zero attached hydrogens (tertiary/aromatic N) is 2. The molecule has 28 heavy (non-hydrogen) atoms. The summed E-state index contributed by atoms with van der Waals surface area (Å²) in [5, 5.41) is 4.35. The fourth-order valence-corrected chi connectivity index (χ4v) is 7.33. The van der Waals surface area contributed by atoms with Gasteiger partial charge in [-0.15, -0.1) is 11.3 Å². The van der Waals surface area contributed by atoms with Gasteiger partial charge in [-0.2, -0.15) is 16.1 Å². The first kappa shape index (κ1) is 21.6. The lowest BCUT2D eigenvalue weighted by Crippen LogP contribution is -2.39. The van der Waals surface area contributed by atoms with Crippen molar-refractivity contribution in [2.45, 2.75) is 37.0 Å². The molecule has 156 valence electrons. The van der Waals surface area contributed by atoms with Gasteiger partial charge in [-0.05, 0) is 24.3 Å². The highest BCUT2D eigenvalue weighted by molar-refractivity contribution is 7.99. The molecule has 1 aromatic heterocycles. The molecule has 0 radical (unpaired) electrons. The Balaban J connectivity index is 1.56. The van der Waals surface area contributed by atoms with Crippen molar-refractivity contribution in [2.75, 3.05) is 44.2 Å². The molecule has 0 saturated carbocycles. The highest BCUT2D eigenvalue weighted by Crippen LogP contribution is 2.27. The van der Waals surface area contributed by atoms with Gasteiger partial charge in [-0.3, -0.25) is 9.59 Å². The number of sulfonamides is 1. The molecule has 2 aliphatic heterocycles. The van der Waals surface area contributed by atoms with Crippen LogP contribution in [0.3, 0.4) is 0 Å². The monoisotopic (exact) mass is 445 g/mol. The van der Waals surface area contributed by atoms with Crippen LogP contribution in [0, 0.1) is 0 Å². The molecule has 2 amide bonds. The summed E-state index contributed by atoms with van der Waals surface area (Å²) in [5.41, 5.74) is 0. The van der Waals surface area contributed by atoms with Crippen LogP contribution in [-0.2, 0) is 14.8 Å². The number of likely N-dealkylation sites (tertiary alicyclic amines) is 1. The number of thiophene rings is 1. The smallest absolute Gasteiger partial charge is 0.262 e. The maximum Gasteiger partial charge on any atom is 0.262 e. The van der Waals surface area contributed by atoms with E-state index in [9.17, 15) is 18.0 Å². The lowest BCUT2D eigenvalue weighted by Gasteiger charge is -2.25. The second-order valence-electron chi connectivity index (χ2n) is 6.93. The molecular formula is C18H27N3O4S3. The zero-order valence-corrected chi connectivity index (χ0v) is 18.3. The number of amides is 2. The highest BCUT2D eigenvalue weighted by Gasteiger charge is 2.31. The molecule has 3 rings (SSSR count). The molecule has 0 spiro atoms. The molecule has 2 fully saturated rings. The van der Waals surface area contributed by atoms with Crippen molar-refractivity contribution < 1.29 is 18.0 Å². The molecule has 1 N–H and O–H groups in total. The summed E-state index contributed by atoms with van der Waals surface area (Å²) in [4.78, 5) is 27.0. The lowest BCUT2D eigenvalue weighted by atomic mass is 10.2. The summed E-state index contributed by atoms with van der Waals surface area (Å²) in [6, 6.07) is 1.50. The Bertz CT molecular complexity index is 780. The second-order valence-corrected chi connectivity index (χ2v) is 11.0. The zero-order valence-electron chi connectivity index (χ0n) is 15.9. The number of thioether (sulfide) groups is 1. The van der Waals surface area contributed by atoms with E-state index in [1.165, 1.54) is 10.4 Å². The van der Waals surface area contributed by atoms with Crippen molar-refractivity contribution in [3.63, 3.8) is 0 Å². The van der Waals surface area contributed by atoms with Crippen LogP contribution in [0.1, 0.15) is 41.8 Å². The minimum absolute atomic E-state index is 0.0482. The third-order valence-corrected chi connectivity index (χ3v) is 8.93. The standard InChI is InChI=1S/C18H27N3O4S3/c22-16(20-8-3-1-2-4-9-20)5-7-19-18(23)17-15(6-12-27-17)28(24,25)21-10-13-26-14-11-21/h6,12H,1-5,7-11,13-14H2,(H,19,23). The molecule has 0 unspecified atom stereocenters. The predicted octanol–water partition coefficient (Wildman–Crippen LogP) is 2.01. The first-order valence-corrected chi connectivity index (χ1v) is 13.2. The van der Waals surface area contributed by atoms with Gasteiger partial charge < -0.3 is 10.2 Å². The third-order valence-electron chi connectivity index (χ3n) is 5.01. The van der Waals surface area contributed by atoms with E-state index in [4.69, 9.17) is 0 Å². The normalized spacial score (nSPS) is 19.2. The first-order chi connectivity index (χ1) is 13.5. The van der Waals surface area contributed by atoms with Crippen molar-refractivity contribution in [2.24, 2.45) is 0 Å². The van der Waals surface area contributed by atoms with Gasteiger partial charge in [0.2, 0.25) is 15.9 Å². The van der Waals surface area contributed by atoms with E-state index in [-0.39, 0.29) is 28.6 Å². The minimum Gasteiger partial charge on any atom is -0.351 e. The van der Waals surface area contributed by atoms with Gasteiger partial charge in [0.05, 0.1) is 0 Å². The van der Waals surface area contributed by atoms with Crippen molar-refractivity contribution in [1.29, 1.82) is 0 Å². The van der Waals surface area contributed by atoms with Gasteiger partial charge in [0.15, 0.2) is 0 Å². The maximum absolute atomic E-state index is 12.9. The van der Waals surface area contributed by atoms with E-state index in [1.54, 1.807) is 17.1 Å². The van der Waals surface area contributed by atoms with E-state index in [1.807, 2.05) is 4.90 Å². The van der Waals surface area contributed by atoms with E-state index in [0.29, 0.717) is 13.1 Å². The fourth-order valence-electron chi connectivity index (χ4n) is 3.43. The summed E-state index contributed by atoms with van der Waals surface area (Å²) in [7, 11) is -3.66. The molecule has 0 atom stereocenters. The predicted molar refractivity (Wildman–Crippen MR) is 112 cm³/mol. The summed E-state index contributed by atoms with van der Waals surface area (Å²) >= 11 is 2.85. The van der Waals surface area contributed by atoms with Crippen LogP contribution < -0.4 is 5.32 Å². The van der Waals surface area contributed by atoms with Crippen LogP contribution in [0.2, 0.25) is 0 Å². The zero-order chi connectivity index (χ0) is 20.0. The Morgan fingerprint density at radius 3 is 2.39 bits per heavy atom. The molecule has 10 heteroatoms. The number of nitrogens with one attached hydrogen (secondary N) is 1. The Morgan fingerprint density at radius 1 is 1.04 bits per heavy atom. The van der Waals surface area contributed by atoms with Crippen molar-refractivity contribution in [3.05, 3.63) is 16.3 Å². The van der Waals surface area contributed by atoms with Crippen molar-refractivity contribution >= 4 is 44.9 Å². The molecule has 3 heterocycles. The average molecular weight is 446 g/mol. The van der Waals surface area contributed by atoms with E-state index < -0.39 is 15.9 Å². The van der Waals surface area contributed by atoms with E-state index in [2.05, 4.69) is 5.32 Å². The maximum atomic E-state index is 12.9. The number of carbonyl (C=O) groups excluding carboxylic acids is 2. The first-order valence-electron chi connectivity index (χ1n) is 9.71. The van der Waals surface area contributed by atoms with E-state index >= 15 is 0 Å². The van der Waals surface area contributed by atoms with Crippen LogP contribution >= 0.6 is 23.1 Å². The Kier molecular flexibility index (Phi) is 7.78. The average Bonchev–Trinajstić information content (AvgIpc) is 3.05. The topological polar surface area (TPSA) is 86.8 Å². The number of hydrogen-bond acceptors (Lipinski definition) is 6. The van der Waals surface area contributed by atoms with Crippen LogP contribution in [0.15, 0.2) is 16.3 Å². The van der Waals surface area contributed by atoms with Crippen LogP contribution in [0.5, 0.6) is 0 Å². The Hall–Kier alpha value is -1.10. The van der Waals surface area contributed by atoms with Gasteiger partial charge in [0.1, 0.15) is 9.77 Å². The fraction of sp³-hybridized carbons (Fsp3) is 0.667. The summed E-state index contributed by atoms with van der Waals surface area (Å²) in [6.07, 6.45) is 4.62. The molecule has 0 aliphatic carbocycles. The lowest BCUT2D eigenvalue weighted by molar-refractivity contribution is -0.131. The molecule has 0 aromatic carbocycles. The van der Waals surface area contributed by atoms with Crippen molar-refractivity contribution in [3.8, 4) is 0 Å². The van der Waals surface area contributed by atoms with Gasteiger partial charge in [0.25, 0.3) is 5.91 Å². The Morgan fingerprint density at radius 2 is 1.71 bits per heavy atom. The van der Waals surface area contributed by atoms with Gasteiger partial charge in [0, 0.05) is 50.7 Å². The number of rotatable bonds is 6. The Labute approximate surface area is 174 Å². The second kappa shape index (κ2) is 10.1. The number of hydrogen-bond donors (Lipinski definition) is 1. The van der Waals surface area contributed by atoms with Crippen LogP contribution in [0.25, 0.3) is 0 Å². The van der Waals surface area contributed by atoms with Crippen LogP contribution in [0.4, 0.5) is 0 Å². The summed E-state index contributed by atoms with van der Waals surface area (Å²) in [5.74, 6) is 1.16. The molecule has 2 aliphatic rings. The highest BCUT2D eigenvalue weighted by atomic mass is 32.2. The number of carbonyl (C=O) groups is 2. The van der Waals surface area contributed by atoms with Gasteiger partial charge in [-0.25, -0.2) is 8.42 Å². The molecule has 2 saturated heterocycles. The van der Waals surface area contributed by atoms with Gasteiger partial charge in [-0.1, -0.05) is 12.8 Å². The summed E-state index contributed by atoms with van der Waals surface area (Å²) in [6.45, 7) is 2.72. The molecule has 7 nitrogen and oxygen atoms in total. The molecule has 0 bridgehead atoms. The van der Waals surface area contributed by atoms with E-state index in [0.717, 1.165) is 61.6 Å². The minimum atomic E-state index is -3.66. The van der Waals surface area contributed by atoms with Crippen molar-refractivity contribution in [1.82, 2.24) is 14.5 Å². The van der Waals surface area contributed by atoms with Gasteiger partial charge >= 0.3 is 0 Å². The SMILES string of the molecule is O=C(NCCC(=O)N1CCCCCC1)c1sccc1S(=O)(=O)N1CCSCC1. The quantitative estimate of drug-likeness (QED) is 0.724. The largest absolute Gasteiger partial charge is 0.351 e. The molecule has 1 aromatic rings.